The van der Waals surface area contributed by atoms with Crippen LogP contribution in [0.15, 0.2) is 37.9 Å². The van der Waals surface area contributed by atoms with E-state index in [-0.39, 0.29) is 5.56 Å². The van der Waals surface area contributed by atoms with Gasteiger partial charge >= 0.3 is 0 Å². The first kappa shape index (κ1) is 19.9. The minimum Gasteiger partial charge on any atom is -0.382 e. The van der Waals surface area contributed by atoms with Crippen molar-refractivity contribution in [3.8, 4) is 6.07 Å². The molecule has 1 aliphatic carbocycles. The molecular weight excluding hydrogens is 301 g/mol. The third kappa shape index (κ3) is 5.50. The summed E-state index contributed by atoms with van der Waals surface area (Å²) in [6.45, 7) is 11.0. The SMILES string of the molecule is C=C.C=C(NC(CCNC)C1CCCC1)c1ccc(F)c(C#N)c1. The van der Waals surface area contributed by atoms with Crippen LogP contribution in [0.25, 0.3) is 5.70 Å². The molecule has 1 saturated carbocycles. The third-order valence-corrected chi connectivity index (χ3v) is 4.47. The Balaban J connectivity index is 0.00000139. The van der Waals surface area contributed by atoms with Gasteiger partial charge in [0.2, 0.25) is 0 Å². The molecule has 0 saturated heterocycles. The van der Waals surface area contributed by atoms with Crippen molar-refractivity contribution in [3.63, 3.8) is 0 Å². The van der Waals surface area contributed by atoms with Crippen LogP contribution < -0.4 is 10.6 Å². The van der Waals surface area contributed by atoms with Gasteiger partial charge in [0, 0.05) is 11.7 Å². The van der Waals surface area contributed by atoms with Gasteiger partial charge in [-0.1, -0.05) is 19.4 Å². The monoisotopic (exact) mass is 329 g/mol. The maximum absolute atomic E-state index is 13.4. The van der Waals surface area contributed by atoms with Crippen molar-refractivity contribution < 1.29 is 4.39 Å². The molecule has 4 heteroatoms. The predicted molar refractivity (Wildman–Crippen MR) is 98.8 cm³/mol. The first-order valence-corrected chi connectivity index (χ1v) is 8.45. The summed E-state index contributed by atoms with van der Waals surface area (Å²) in [5.74, 6) is 0.183. The van der Waals surface area contributed by atoms with Crippen molar-refractivity contribution in [1.29, 1.82) is 5.26 Å². The minimum absolute atomic E-state index is 0.0630. The van der Waals surface area contributed by atoms with E-state index in [0.29, 0.717) is 12.0 Å². The summed E-state index contributed by atoms with van der Waals surface area (Å²) < 4.78 is 13.4. The number of hydrogen-bond donors (Lipinski definition) is 2. The third-order valence-electron chi connectivity index (χ3n) is 4.47. The fourth-order valence-electron chi connectivity index (χ4n) is 3.19. The average Bonchev–Trinajstić information content (AvgIpc) is 3.15. The zero-order chi connectivity index (χ0) is 17.9. The number of nitriles is 1. The van der Waals surface area contributed by atoms with E-state index in [0.717, 1.165) is 24.2 Å². The van der Waals surface area contributed by atoms with Crippen molar-refractivity contribution in [3.05, 3.63) is 54.9 Å². The molecule has 1 aliphatic rings. The van der Waals surface area contributed by atoms with Crippen LogP contribution in [0.1, 0.15) is 43.2 Å². The number of hydrogen-bond acceptors (Lipinski definition) is 3. The normalized spacial score (nSPS) is 15.0. The van der Waals surface area contributed by atoms with Gasteiger partial charge in [-0.05, 0) is 62.5 Å². The van der Waals surface area contributed by atoms with Crippen LogP contribution in [-0.4, -0.2) is 19.6 Å². The smallest absolute Gasteiger partial charge is 0.140 e. The largest absolute Gasteiger partial charge is 0.382 e. The second kappa shape index (κ2) is 10.6. The Morgan fingerprint density at radius 2 is 2.04 bits per heavy atom. The van der Waals surface area contributed by atoms with E-state index in [2.05, 4.69) is 30.4 Å². The lowest BCUT2D eigenvalue weighted by Crippen LogP contribution is -2.36. The highest BCUT2D eigenvalue weighted by Gasteiger charge is 2.25. The van der Waals surface area contributed by atoms with Crippen LogP contribution in [0.4, 0.5) is 4.39 Å². The first-order valence-electron chi connectivity index (χ1n) is 8.45. The summed E-state index contributed by atoms with van der Waals surface area (Å²) in [4.78, 5) is 0. The highest BCUT2D eigenvalue weighted by molar-refractivity contribution is 5.63. The molecule has 1 atom stereocenters. The quantitative estimate of drug-likeness (QED) is 0.736. The number of rotatable bonds is 7. The van der Waals surface area contributed by atoms with E-state index in [1.165, 1.54) is 31.7 Å². The fourth-order valence-corrected chi connectivity index (χ4v) is 3.19. The highest BCUT2D eigenvalue weighted by atomic mass is 19.1. The number of nitrogens with zero attached hydrogens (tertiary/aromatic N) is 1. The maximum Gasteiger partial charge on any atom is 0.140 e. The molecule has 1 unspecified atom stereocenters. The summed E-state index contributed by atoms with van der Waals surface area (Å²) >= 11 is 0. The predicted octanol–water partition coefficient (Wildman–Crippen LogP) is 4.23. The lowest BCUT2D eigenvalue weighted by Gasteiger charge is -2.27. The van der Waals surface area contributed by atoms with Gasteiger partial charge in [-0.2, -0.15) is 5.26 Å². The summed E-state index contributed by atoms with van der Waals surface area (Å²) in [5, 5.41) is 15.7. The topological polar surface area (TPSA) is 47.8 Å². The Labute approximate surface area is 145 Å². The van der Waals surface area contributed by atoms with Crippen molar-refractivity contribution in [1.82, 2.24) is 10.6 Å². The molecule has 2 N–H and O–H groups in total. The van der Waals surface area contributed by atoms with E-state index in [9.17, 15) is 4.39 Å². The zero-order valence-corrected chi connectivity index (χ0v) is 14.6. The Morgan fingerprint density at radius 3 is 2.62 bits per heavy atom. The molecule has 1 fully saturated rings. The van der Waals surface area contributed by atoms with Gasteiger partial charge in [0.05, 0.1) is 5.56 Å². The Bertz CT molecular complexity index is 571. The lowest BCUT2D eigenvalue weighted by molar-refractivity contribution is 0.372. The molecule has 24 heavy (non-hydrogen) atoms. The molecule has 0 aliphatic heterocycles. The maximum atomic E-state index is 13.4. The van der Waals surface area contributed by atoms with E-state index in [1.54, 1.807) is 12.1 Å². The second-order valence-electron chi connectivity index (χ2n) is 5.97. The van der Waals surface area contributed by atoms with Crippen molar-refractivity contribution in [2.24, 2.45) is 5.92 Å². The zero-order valence-electron chi connectivity index (χ0n) is 14.6. The number of benzene rings is 1. The Morgan fingerprint density at radius 1 is 1.38 bits per heavy atom. The molecule has 130 valence electrons. The van der Waals surface area contributed by atoms with Crippen LogP contribution in [-0.2, 0) is 0 Å². The standard InChI is InChI=1S/C18H24FN3.C2H4/c1-13(15-7-8-17(19)16(11-15)12-20)22-18(9-10-21-2)14-5-3-4-6-14;1-2/h7-8,11,14,18,21-22H,1,3-6,9-10H2,2H3;1-2H2. The molecule has 0 aromatic heterocycles. The molecule has 2 rings (SSSR count). The van der Waals surface area contributed by atoms with Crippen LogP contribution in [0.3, 0.4) is 0 Å². The molecule has 1 aromatic rings. The second-order valence-corrected chi connectivity index (χ2v) is 5.97. The molecule has 0 bridgehead atoms. The molecule has 1 aromatic carbocycles. The van der Waals surface area contributed by atoms with Crippen LogP contribution in [0.2, 0.25) is 0 Å². The number of nitrogens with one attached hydrogen (secondary N) is 2. The van der Waals surface area contributed by atoms with E-state index >= 15 is 0 Å². The van der Waals surface area contributed by atoms with Gasteiger partial charge in [-0.25, -0.2) is 4.39 Å². The van der Waals surface area contributed by atoms with Gasteiger partial charge in [-0.3, -0.25) is 0 Å². The van der Waals surface area contributed by atoms with E-state index < -0.39 is 5.82 Å². The first-order chi connectivity index (χ1) is 11.7. The van der Waals surface area contributed by atoms with Crippen molar-refractivity contribution in [2.75, 3.05) is 13.6 Å². The van der Waals surface area contributed by atoms with Crippen LogP contribution >= 0.6 is 0 Å². The van der Waals surface area contributed by atoms with Gasteiger partial charge in [0.1, 0.15) is 11.9 Å². The molecule has 3 nitrogen and oxygen atoms in total. The van der Waals surface area contributed by atoms with Gasteiger partial charge in [0.25, 0.3) is 0 Å². The fraction of sp³-hybridized carbons (Fsp3) is 0.450. The Hall–Kier alpha value is -2.12. The van der Waals surface area contributed by atoms with Crippen LogP contribution in [0, 0.1) is 23.1 Å². The number of halogens is 1. The van der Waals surface area contributed by atoms with Gasteiger partial charge in [0.15, 0.2) is 0 Å². The highest BCUT2D eigenvalue weighted by Crippen LogP contribution is 2.30. The Kier molecular flexibility index (Phi) is 8.81. The minimum atomic E-state index is -0.485. The van der Waals surface area contributed by atoms with Crippen LogP contribution in [0.5, 0.6) is 0 Å². The van der Waals surface area contributed by atoms with Crippen molar-refractivity contribution in [2.45, 2.75) is 38.1 Å². The summed E-state index contributed by atoms with van der Waals surface area (Å²) in [6.07, 6.45) is 6.13. The molecular formula is C20H28FN3. The molecule has 0 heterocycles. The summed E-state index contributed by atoms with van der Waals surface area (Å²) in [5.41, 5.74) is 1.61. The molecule has 0 spiro atoms. The van der Waals surface area contributed by atoms with E-state index in [4.69, 9.17) is 5.26 Å². The van der Waals surface area contributed by atoms with Crippen molar-refractivity contribution >= 4 is 5.70 Å². The van der Waals surface area contributed by atoms with Gasteiger partial charge < -0.3 is 10.6 Å². The summed E-state index contributed by atoms with van der Waals surface area (Å²) in [6, 6.07) is 6.82. The lowest BCUT2D eigenvalue weighted by atomic mass is 9.94. The molecule has 0 amide bonds. The van der Waals surface area contributed by atoms with E-state index in [1.807, 2.05) is 13.1 Å². The van der Waals surface area contributed by atoms with Gasteiger partial charge in [-0.15, -0.1) is 13.2 Å². The molecule has 0 radical (unpaired) electrons. The summed E-state index contributed by atoms with van der Waals surface area (Å²) in [7, 11) is 1.96. The average molecular weight is 329 g/mol.